The molecule has 1 atom stereocenters. The van der Waals surface area contributed by atoms with E-state index in [2.05, 4.69) is 27.5 Å². The molecule has 4 N–H and O–H groups in total. The van der Waals surface area contributed by atoms with E-state index in [1.807, 2.05) is 18.4 Å². The van der Waals surface area contributed by atoms with Crippen molar-refractivity contribution in [2.75, 3.05) is 5.32 Å². The minimum atomic E-state index is -0.132. The van der Waals surface area contributed by atoms with Crippen LogP contribution in [-0.2, 0) is 0 Å². The predicted octanol–water partition coefficient (Wildman–Crippen LogP) is 1.09. The maximum atomic E-state index is 5.60. The van der Waals surface area contributed by atoms with Crippen molar-refractivity contribution >= 4 is 28.9 Å². The van der Waals surface area contributed by atoms with Gasteiger partial charge < -0.3 is 11.1 Å². The van der Waals surface area contributed by atoms with Crippen LogP contribution in [0.5, 0.6) is 0 Å². The Morgan fingerprint density at radius 1 is 1.53 bits per heavy atom. The van der Waals surface area contributed by atoms with Gasteiger partial charge in [-0.15, -0.1) is 11.3 Å². The fourth-order valence-electron chi connectivity index (χ4n) is 1.31. The SMILES string of the molecule is Cc1sccc1NC1=NC(C)N=C(N)N1. The van der Waals surface area contributed by atoms with Crippen LogP contribution >= 0.6 is 11.3 Å². The lowest BCUT2D eigenvalue weighted by atomic mass is 10.4. The van der Waals surface area contributed by atoms with Crippen LogP contribution < -0.4 is 16.4 Å². The Morgan fingerprint density at radius 2 is 2.33 bits per heavy atom. The summed E-state index contributed by atoms with van der Waals surface area (Å²) in [6.45, 7) is 3.94. The molecule has 2 rings (SSSR count). The number of hydrogen-bond acceptors (Lipinski definition) is 6. The summed E-state index contributed by atoms with van der Waals surface area (Å²) in [5.41, 5.74) is 6.65. The van der Waals surface area contributed by atoms with E-state index in [-0.39, 0.29) is 6.17 Å². The summed E-state index contributed by atoms with van der Waals surface area (Å²) < 4.78 is 0. The molecule has 0 aliphatic carbocycles. The summed E-state index contributed by atoms with van der Waals surface area (Å²) in [6.07, 6.45) is -0.132. The number of hydrogen-bond donors (Lipinski definition) is 3. The van der Waals surface area contributed by atoms with Crippen LogP contribution in [0.15, 0.2) is 21.4 Å². The van der Waals surface area contributed by atoms with Crippen molar-refractivity contribution in [1.82, 2.24) is 5.32 Å². The van der Waals surface area contributed by atoms with Crippen molar-refractivity contribution in [3.8, 4) is 0 Å². The summed E-state index contributed by atoms with van der Waals surface area (Å²) in [6, 6.07) is 2.01. The Labute approximate surface area is 92.1 Å². The van der Waals surface area contributed by atoms with Crippen LogP contribution in [0.2, 0.25) is 0 Å². The van der Waals surface area contributed by atoms with Crippen LogP contribution in [-0.4, -0.2) is 18.1 Å². The average molecular weight is 223 g/mol. The number of aryl methyl sites for hydroxylation is 1. The highest BCUT2D eigenvalue weighted by Crippen LogP contribution is 2.20. The molecule has 0 saturated carbocycles. The molecule has 2 heterocycles. The highest BCUT2D eigenvalue weighted by atomic mass is 32.1. The average Bonchev–Trinajstić information content (AvgIpc) is 2.50. The van der Waals surface area contributed by atoms with Crippen molar-refractivity contribution in [1.29, 1.82) is 0 Å². The lowest BCUT2D eigenvalue weighted by Crippen LogP contribution is -2.44. The van der Waals surface area contributed by atoms with E-state index in [1.54, 1.807) is 11.3 Å². The van der Waals surface area contributed by atoms with Gasteiger partial charge in [-0.2, -0.15) is 0 Å². The molecule has 0 bridgehead atoms. The van der Waals surface area contributed by atoms with E-state index < -0.39 is 0 Å². The Kier molecular flexibility index (Phi) is 2.59. The number of nitrogens with two attached hydrogens (primary N) is 1. The molecule has 1 unspecified atom stereocenters. The fraction of sp³-hybridized carbons (Fsp3) is 0.333. The maximum Gasteiger partial charge on any atom is 0.204 e. The van der Waals surface area contributed by atoms with Crippen molar-refractivity contribution in [2.45, 2.75) is 20.0 Å². The second-order valence-corrected chi connectivity index (χ2v) is 4.38. The van der Waals surface area contributed by atoms with Crippen LogP contribution in [0.3, 0.4) is 0 Å². The van der Waals surface area contributed by atoms with E-state index in [4.69, 9.17) is 5.73 Å². The smallest absolute Gasteiger partial charge is 0.204 e. The van der Waals surface area contributed by atoms with Crippen LogP contribution in [0.1, 0.15) is 11.8 Å². The molecule has 80 valence electrons. The van der Waals surface area contributed by atoms with Crippen molar-refractivity contribution < 1.29 is 0 Å². The predicted molar refractivity (Wildman–Crippen MR) is 64.3 cm³/mol. The molecule has 0 spiro atoms. The Hall–Kier alpha value is -1.56. The van der Waals surface area contributed by atoms with E-state index in [0.29, 0.717) is 11.9 Å². The molecule has 0 aromatic carbocycles. The van der Waals surface area contributed by atoms with Gasteiger partial charge in [0.05, 0.1) is 5.69 Å². The molecule has 1 aliphatic heterocycles. The number of guanidine groups is 2. The molecule has 15 heavy (non-hydrogen) atoms. The van der Waals surface area contributed by atoms with Gasteiger partial charge in [-0.25, -0.2) is 9.98 Å². The molecular formula is C9H13N5S. The second kappa shape index (κ2) is 3.90. The van der Waals surface area contributed by atoms with Gasteiger partial charge in [0.2, 0.25) is 5.96 Å². The Balaban J connectivity index is 2.11. The van der Waals surface area contributed by atoms with Crippen molar-refractivity contribution in [2.24, 2.45) is 15.7 Å². The van der Waals surface area contributed by atoms with Gasteiger partial charge in [0, 0.05) is 4.88 Å². The van der Waals surface area contributed by atoms with Crippen LogP contribution in [0.4, 0.5) is 5.69 Å². The van der Waals surface area contributed by atoms with Gasteiger partial charge in [0.15, 0.2) is 5.96 Å². The van der Waals surface area contributed by atoms with Gasteiger partial charge >= 0.3 is 0 Å². The number of aliphatic imine (C=N–C) groups is 2. The highest BCUT2D eigenvalue weighted by Gasteiger charge is 2.11. The lowest BCUT2D eigenvalue weighted by Gasteiger charge is -2.17. The minimum absolute atomic E-state index is 0.132. The molecule has 0 radical (unpaired) electrons. The molecular weight excluding hydrogens is 210 g/mol. The summed E-state index contributed by atoms with van der Waals surface area (Å²) in [5.74, 6) is 1.05. The van der Waals surface area contributed by atoms with E-state index in [0.717, 1.165) is 5.69 Å². The third-order valence-electron chi connectivity index (χ3n) is 2.00. The Bertz CT molecular complexity index is 420. The van der Waals surface area contributed by atoms with E-state index in [1.165, 1.54) is 4.88 Å². The molecule has 0 amide bonds. The quantitative estimate of drug-likeness (QED) is 0.667. The molecule has 5 nitrogen and oxygen atoms in total. The molecule has 1 aromatic rings. The number of nitrogens with zero attached hydrogens (tertiary/aromatic N) is 2. The largest absolute Gasteiger partial charge is 0.370 e. The minimum Gasteiger partial charge on any atom is -0.370 e. The number of anilines is 1. The number of rotatable bonds is 1. The zero-order chi connectivity index (χ0) is 10.8. The third-order valence-corrected chi connectivity index (χ3v) is 2.85. The van der Waals surface area contributed by atoms with Crippen LogP contribution in [0, 0.1) is 6.92 Å². The second-order valence-electron chi connectivity index (χ2n) is 3.26. The molecule has 0 fully saturated rings. The van der Waals surface area contributed by atoms with Gasteiger partial charge in [-0.1, -0.05) is 0 Å². The standard InChI is InChI=1S/C9H13N5S/c1-5-7(3-4-15-5)13-9-12-6(2)11-8(10)14-9/h3-4,6H,1-2H3,(H4,10,11,12,13,14). The first-order valence-electron chi connectivity index (χ1n) is 4.64. The maximum absolute atomic E-state index is 5.60. The topological polar surface area (TPSA) is 74.8 Å². The first-order valence-corrected chi connectivity index (χ1v) is 5.52. The van der Waals surface area contributed by atoms with Gasteiger partial charge in [-0.3, -0.25) is 5.32 Å². The van der Waals surface area contributed by atoms with Crippen LogP contribution in [0.25, 0.3) is 0 Å². The summed E-state index contributed by atoms with van der Waals surface area (Å²) in [4.78, 5) is 9.54. The van der Waals surface area contributed by atoms with Gasteiger partial charge in [0.25, 0.3) is 0 Å². The zero-order valence-corrected chi connectivity index (χ0v) is 9.43. The van der Waals surface area contributed by atoms with Gasteiger partial charge in [0.1, 0.15) is 6.17 Å². The number of thiophene rings is 1. The van der Waals surface area contributed by atoms with Crippen molar-refractivity contribution in [3.05, 3.63) is 16.3 Å². The normalized spacial score (nSPS) is 20.3. The summed E-state index contributed by atoms with van der Waals surface area (Å²) in [7, 11) is 0. The molecule has 0 saturated heterocycles. The van der Waals surface area contributed by atoms with E-state index >= 15 is 0 Å². The third kappa shape index (κ3) is 2.27. The zero-order valence-electron chi connectivity index (χ0n) is 8.61. The molecule has 6 heteroatoms. The Morgan fingerprint density at radius 3 is 2.93 bits per heavy atom. The highest BCUT2D eigenvalue weighted by molar-refractivity contribution is 7.10. The first-order chi connectivity index (χ1) is 7.15. The number of nitrogens with one attached hydrogen (secondary N) is 2. The molecule has 1 aliphatic rings. The van der Waals surface area contributed by atoms with Crippen molar-refractivity contribution in [3.63, 3.8) is 0 Å². The summed E-state index contributed by atoms with van der Waals surface area (Å²) in [5, 5.41) is 8.09. The van der Waals surface area contributed by atoms with Gasteiger partial charge in [-0.05, 0) is 25.3 Å². The fourth-order valence-corrected chi connectivity index (χ4v) is 1.96. The lowest BCUT2D eigenvalue weighted by molar-refractivity contribution is 0.766. The monoisotopic (exact) mass is 223 g/mol. The summed E-state index contributed by atoms with van der Waals surface area (Å²) >= 11 is 1.69. The first kappa shape index (κ1) is 9.97. The van der Waals surface area contributed by atoms with E-state index in [9.17, 15) is 0 Å². The molecule has 1 aromatic heterocycles.